The summed E-state index contributed by atoms with van der Waals surface area (Å²) in [6.45, 7) is 7.23. The maximum Gasteiger partial charge on any atom is 0.333 e. The molecule has 0 radical (unpaired) electrons. The maximum absolute atomic E-state index is 12.4. The van der Waals surface area contributed by atoms with E-state index in [0.29, 0.717) is 12.2 Å². The van der Waals surface area contributed by atoms with Crippen molar-refractivity contribution in [1.82, 2.24) is 4.90 Å². The van der Waals surface area contributed by atoms with Crippen LogP contribution in [0.25, 0.3) is 0 Å². The number of amides is 1. The second-order valence-electron chi connectivity index (χ2n) is 5.62. The lowest BCUT2D eigenvalue weighted by atomic mass is 10.1. The number of rotatable bonds is 8. The summed E-state index contributed by atoms with van der Waals surface area (Å²) in [5.74, 6) is -0.841. The Hall–Kier alpha value is -2.43. The molecule has 0 bridgehead atoms. The molecule has 0 saturated carbocycles. The third kappa shape index (κ3) is 5.99. The van der Waals surface area contributed by atoms with Crippen LogP contribution in [0.4, 0.5) is 0 Å². The normalized spacial score (nSPS) is 12.4. The lowest BCUT2D eigenvalue weighted by molar-refractivity contribution is -0.139. The first-order valence-electron chi connectivity index (χ1n) is 8.04. The molecule has 0 fully saturated rings. The van der Waals surface area contributed by atoms with Crippen molar-refractivity contribution < 1.29 is 19.1 Å². The zero-order chi connectivity index (χ0) is 18.1. The van der Waals surface area contributed by atoms with E-state index < -0.39 is 5.97 Å². The standard InChI is InChI=1S/C19H25NO4/c1-5-24-19(23)14(2)11-12-20(18(22)13-15(3)21)16(4)17-9-7-6-8-10-17/h6-11,16H,5,12-13H2,1-4H3/b14-11+/t16-/m0/s1. The summed E-state index contributed by atoms with van der Waals surface area (Å²) in [5.41, 5.74) is 1.41. The highest BCUT2D eigenvalue weighted by Gasteiger charge is 2.22. The van der Waals surface area contributed by atoms with E-state index in [-0.39, 0.29) is 30.7 Å². The number of carbonyl (C=O) groups is 3. The highest BCUT2D eigenvalue weighted by Crippen LogP contribution is 2.21. The SMILES string of the molecule is CCOC(=O)/C(C)=C/CN(C(=O)CC(C)=O)[C@@H](C)c1ccccc1. The Morgan fingerprint density at radius 3 is 2.33 bits per heavy atom. The van der Waals surface area contributed by atoms with Gasteiger partial charge in [-0.05, 0) is 33.3 Å². The second-order valence-corrected chi connectivity index (χ2v) is 5.62. The molecule has 1 atom stereocenters. The van der Waals surface area contributed by atoms with E-state index in [1.54, 1.807) is 24.8 Å². The molecule has 0 aliphatic rings. The van der Waals surface area contributed by atoms with Gasteiger partial charge in [0, 0.05) is 12.1 Å². The van der Waals surface area contributed by atoms with Crippen molar-refractivity contribution in [1.29, 1.82) is 0 Å². The molecule has 1 aromatic rings. The summed E-state index contributed by atoms with van der Waals surface area (Å²) in [5, 5.41) is 0. The smallest absolute Gasteiger partial charge is 0.333 e. The van der Waals surface area contributed by atoms with Gasteiger partial charge in [0.05, 0.1) is 19.1 Å². The highest BCUT2D eigenvalue weighted by molar-refractivity contribution is 5.97. The van der Waals surface area contributed by atoms with Crippen LogP contribution in [0.2, 0.25) is 0 Å². The molecule has 0 heterocycles. The van der Waals surface area contributed by atoms with Crippen LogP contribution >= 0.6 is 0 Å². The van der Waals surface area contributed by atoms with Crippen molar-refractivity contribution in [3.8, 4) is 0 Å². The Balaban J connectivity index is 2.97. The molecule has 130 valence electrons. The molecule has 0 aromatic heterocycles. The summed E-state index contributed by atoms with van der Waals surface area (Å²) < 4.78 is 4.94. The van der Waals surface area contributed by atoms with E-state index in [1.165, 1.54) is 6.92 Å². The zero-order valence-electron chi connectivity index (χ0n) is 14.7. The predicted molar refractivity (Wildman–Crippen MR) is 92.3 cm³/mol. The van der Waals surface area contributed by atoms with Crippen LogP contribution in [0.1, 0.15) is 45.7 Å². The third-order valence-corrected chi connectivity index (χ3v) is 3.66. The van der Waals surface area contributed by atoms with Crippen molar-refractivity contribution in [3.63, 3.8) is 0 Å². The Bertz CT molecular complexity index is 607. The summed E-state index contributed by atoms with van der Waals surface area (Å²) in [4.78, 5) is 37.0. The van der Waals surface area contributed by atoms with Crippen LogP contribution in [-0.4, -0.2) is 35.7 Å². The average molecular weight is 331 g/mol. The minimum absolute atomic E-state index is 0.149. The van der Waals surface area contributed by atoms with Gasteiger partial charge in [0.15, 0.2) is 0 Å². The van der Waals surface area contributed by atoms with Crippen molar-refractivity contribution in [2.45, 2.75) is 40.2 Å². The summed E-state index contributed by atoms with van der Waals surface area (Å²) >= 11 is 0. The van der Waals surface area contributed by atoms with E-state index in [0.717, 1.165) is 5.56 Å². The van der Waals surface area contributed by atoms with E-state index in [1.807, 2.05) is 37.3 Å². The van der Waals surface area contributed by atoms with Crippen LogP contribution in [0, 0.1) is 0 Å². The Kier molecular flexibility index (Phi) is 7.89. The van der Waals surface area contributed by atoms with Crippen molar-refractivity contribution in [3.05, 3.63) is 47.5 Å². The Morgan fingerprint density at radius 1 is 1.17 bits per heavy atom. The quantitative estimate of drug-likeness (QED) is 0.417. The molecule has 0 spiro atoms. The van der Waals surface area contributed by atoms with E-state index >= 15 is 0 Å². The van der Waals surface area contributed by atoms with Crippen LogP contribution < -0.4 is 0 Å². The van der Waals surface area contributed by atoms with Crippen molar-refractivity contribution >= 4 is 17.7 Å². The van der Waals surface area contributed by atoms with Crippen LogP contribution in [0.5, 0.6) is 0 Å². The molecule has 0 aliphatic heterocycles. The third-order valence-electron chi connectivity index (χ3n) is 3.66. The van der Waals surface area contributed by atoms with E-state index in [2.05, 4.69) is 0 Å². The van der Waals surface area contributed by atoms with Gasteiger partial charge in [-0.2, -0.15) is 0 Å². The molecule has 24 heavy (non-hydrogen) atoms. The molecule has 5 heteroatoms. The van der Waals surface area contributed by atoms with Crippen LogP contribution in [-0.2, 0) is 19.1 Å². The number of esters is 1. The molecule has 5 nitrogen and oxygen atoms in total. The molecule has 0 aliphatic carbocycles. The lowest BCUT2D eigenvalue weighted by Gasteiger charge is -2.28. The number of Topliss-reactive ketones (excluding diaryl/α,β-unsaturated/α-hetero) is 1. The van der Waals surface area contributed by atoms with E-state index in [9.17, 15) is 14.4 Å². The molecule has 0 N–H and O–H groups in total. The number of carbonyl (C=O) groups excluding carboxylic acids is 3. The number of nitrogens with zero attached hydrogens (tertiary/aromatic N) is 1. The fraction of sp³-hybridized carbons (Fsp3) is 0.421. The summed E-state index contributed by atoms with van der Waals surface area (Å²) in [7, 11) is 0. The van der Waals surface area contributed by atoms with Crippen LogP contribution in [0.3, 0.4) is 0 Å². The lowest BCUT2D eigenvalue weighted by Crippen LogP contribution is -2.35. The first kappa shape index (κ1) is 19.6. The zero-order valence-corrected chi connectivity index (χ0v) is 14.7. The van der Waals surface area contributed by atoms with E-state index in [4.69, 9.17) is 4.74 Å². The Labute approximate surface area is 143 Å². The van der Waals surface area contributed by atoms with Gasteiger partial charge in [-0.1, -0.05) is 36.4 Å². The topological polar surface area (TPSA) is 63.7 Å². The predicted octanol–water partition coefficient (Wildman–Crippen LogP) is 3.06. The van der Waals surface area contributed by atoms with Gasteiger partial charge in [0.1, 0.15) is 5.78 Å². The fourth-order valence-electron chi connectivity index (χ4n) is 2.27. The molecule has 1 aromatic carbocycles. The molecule has 0 unspecified atom stereocenters. The molecular formula is C19H25NO4. The number of hydrogen-bond donors (Lipinski definition) is 0. The maximum atomic E-state index is 12.4. The first-order valence-corrected chi connectivity index (χ1v) is 8.04. The van der Waals surface area contributed by atoms with Gasteiger partial charge < -0.3 is 9.64 Å². The minimum Gasteiger partial charge on any atom is -0.463 e. The second kappa shape index (κ2) is 9.65. The number of ketones is 1. The van der Waals surface area contributed by atoms with Gasteiger partial charge in [0.25, 0.3) is 0 Å². The highest BCUT2D eigenvalue weighted by atomic mass is 16.5. The van der Waals surface area contributed by atoms with Gasteiger partial charge in [0.2, 0.25) is 5.91 Å². The summed E-state index contributed by atoms with van der Waals surface area (Å²) in [6, 6.07) is 9.37. The van der Waals surface area contributed by atoms with Gasteiger partial charge in [-0.25, -0.2) is 4.79 Å². The minimum atomic E-state index is -0.399. The number of hydrogen-bond acceptors (Lipinski definition) is 4. The monoisotopic (exact) mass is 331 g/mol. The number of ether oxygens (including phenoxy) is 1. The van der Waals surface area contributed by atoms with Gasteiger partial charge >= 0.3 is 5.97 Å². The first-order chi connectivity index (χ1) is 11.4. The van der Waals surface area contributed by atoms with Gasteiger partial charge in [-0.3, -0.25) is 9.59 Å². The van der Waals surface area contributed by atoms with Crippen molar-refractivity contribution in [2.75, 3.05) is 13.2 Å². The molecule has 1 rings (SSSR count). The molecular weight excluding hydrogens is 306 g/mol. The summed E-state index contributed by atoms with van der Waals surface area (Å²) in [6.07, 6.45) is 1.51. The average Bonchev–Trinajstić information content (AvgIpc) is 2.55. The molecule has 1 amide bonds. The van der Waals surface area contributed by atoms with Crippen LogP contribution in [0.15, 0.2) is 42.0 Å². The largest absolute Gasteiger partial charge is 0.463 e. The fourth-order valence-corrected chi connectivity index (χ4v) is 2.27. The Morgan fingerprint density at radius 2 is 1.79 bits per heavy atom. The van der Waals surface area contributed by atoms with Crippen molar-refractivity contribution in [2.24, 2.45) is 0 Å². The number of benzene rings is 1. The molecule has 0 saturated heterocycles. The van der Waals surface area contributed by atoms with Gasteiger partial charge in [-0.15, -0.1) is 0 Å².